The number of benzene rings is 1. The number of thioether (sulfide) groups is 1. The van der Waals surface area contributed by atoms with Crippen molar-refractivity contribution in [3.8, 4) is 5.75 Å². The largest absolute Gasteiger partial charge is 0.495 e. The fourth-order valence-corrected chi connectivity index (χ4v) is 2.76. The van der Waals surface area contributed by atoms with E-state index in [2.05, 4.69) is 15.5 Å². The number of nitrogens with one attached hydrogen (secondary N) is 1. The van der Waals surface area contributed by atoms with E-state index in [9.17, 15) is 4.79 Å². The Balaban J connectivity index is 1.95. The van der Waals surface area contributed by atoms with E-state index in [1.165, 1.54) is 11.8 Å². The Bertz CT molecular complexity index is 737. The number of hydrogen-bond donors (Lipinski definition) is 1. The van der Waals surface area contributed by atoms with Gasteiger partial charge in [-0.1, -0.05) is 32.0 Å². The second-order valence-corrected chi connectivity index (χ2v) is 8.24. The molecule has 7 heteroatoms. The fraction of sp³-hybridized carbons (Fsp3) is 0.500. The molecule has 1 amide bonds. The second kappa shape index (κ2) is 7.91. The van der Waals surface area contributed by atoms with Gasteiger partial charge in [0.2, 0.25) is 11.8 Å². The zero-order chi connectivity index (χ0) is 18.6. The molecular weight excluding hydrogens is 338 g/mol. The lowest BCUT2D eigenvalue weighted by Gasteiger charge is -2.14. The lowest BCUT2D eigenvalue weighted by Crippen LogP contribution is -2.23. The third-order valence-electron chi connectivity index (χ3n) is 3.58. The SMILES string of the molecule is COc1ccc(C)cc1NC(=O)C(C)SCc1nc(C(C)(C)C)no1. The Morgan fingerprint density at radius 2 is 2.12 bits per heavy atom. The van der Waals surface area contributed by atoms with Crippen LogP contribution in [0.15, 0.2) is 22.7 Å². The molecule has 0 saturated heterocycles. The minimum atomic E-state index is -0.268. The molecule has 0 radical (unpaired) electrons. The van der Waals surface area contributed by atoms with Gasteiger partial charge in [0.1, 0.15) is 5.75 Å². The van der Waals surface area contributed by atoms with E-state index in [1.54, 1.807) is 7.11 Å². The summed E-state index contributed by atoms with van der Waals surface area (Å²) in [5.74, 6) is 2.24. The Kier molecular flexibility index (Phi) is 6.11. The highest BCUT2D eigenvalue weighted by molar-refractivity contribution is 7.99. The summed E-state index contributed by atoms with van der Waals surface area (Å²) in [4.78, 5) is 16.8. The minimum Gasteiger partial charge on any atom is -0.495 e. The maximum Gasteiger partial charge on any atom is 0.237 e. The average Bonchev–Trinajstić information content (AvgIpc) is 3.02. The second-order valence-electron chi connectivity index (χ2n) is 6.91. The zero-order valence-electron chi connectivity index (χ0n) is 15.5. The Labute approximate surface area is 152 Å². The van der Waals surface area contributed by atoms with Crippen LogP contribution in [0.4, 0.5) is 5.69 Å². The first-order valence-corrected chi connectivity index (χ1v) is 9.15. The van der Waals surface area contributed by atoms with Gasteiger partial charge < -0.3 is 14.6 Å². The molecule has 1 heterocycles. The van der Waals surface area contributed by atoms with Gasteiger partial charge >= 0.3 is 0 Å². The van der Waals surface area contributed by atoms with Gasteiger partial charge in [-0.05, 0) is 31.5 Å². The van der Waals surface area contributed by atoms with Crippen molar-refractivity contribution in [3.63, 3.8) is 0 Å². The molecule has 1 N–H and O–H groups in total. The van der Waals surface area contributed by atoms with E-state index in [4.69, 9.17) is 9.26 Å². The highest BCUT2D eigenvalue weighted by Crippen LogP contribution is 2.27. The fourth-order valence-electron chi connectivity index (χ4n) is 2.04. The van der Waals surface area contributed by atoms with Gasteiger partial charge in [0.05, 0.1) is 23.8 Å². The van der Waals surface area contributed by atoms with Crippen molar-refractivity contribution in [2.24, 2.45) is 0 Å². The van der Waals surface area contributed by atoms with Crippen LogP contribution in [-0.2, 0) is 16.0 Å². The summed E-state index contributed by atoms with van der Waals surface area (Å²) in [6, 6.07) is 5.67. The lowest BCUT2D eigenvalue weighted by atomic mass is 9.96. The monoisotopic (exact) mass is 363 g/mol. The van der Waals surface area contributed by atoms with Gasteiger partial charge in [-0.3, -0.25) is 4.79 Å². The molecule has 0 fully saturated rings. The number of carbonyl (C=O) groups excluding carboxylic acids is 1. The third-order valence-corrected chi connectivity index (χ3v) is 4.71. The van der Waals surface area contributed by atoms with Crippen molar-refractivity contribution in [2.75, 3.05) is 12.4 Å². The maximum absolute atomic E-state index is 12.4. The van der Waals surface area contributed by atoms with Crippen molar-refractivity contribution in [3.05, 3.63) is 35.5 Å². The van der Waals surface area contributed by atoms with Gasteiger partial charge in [0.15, 0.2) is 5.82 Å². The van der Waals surface area contributed by atoms with Crippen LogP contribution in [0.25, 0.3) is 0 Å². The van der Waals surface area contributed by atoms with Crippen LogP contribution in [0, 0.1) is 6.92 Å². The summed E-state index contributed by atoms with van der Waals surface area (Å²) in [6.07, 6.45) is 0. The van der Waals surface area contributed by atoms with Crippen LogP contribution >= 0.6 is 11.8 Å². The highest BCUT2D eigenvalue weighted by atomic mass is 32.2. The molecular formula is C18H25N3O3S. The normalized spacial score (nSPS) is 12.7. The number of aromatic nitrogens is 2. The molecule has 1 aromatic heterocycles. The van der Waals surface area contributed by atoms with Crippen molar-refractivity contribution < 1.29 is 14.1 Å². The van der Waals surface area contributed by atoms with Crippen LogP contribution in [0.5, 0.6) is 5.75 Å². The quantitative estimate of drug-likeness (QED) is 0.837. The first-order valence-electron chi connectivity index (χ1n) is 8.11. The number of aryl methyl sites for hydroxylation is 1. The van der Waals surface area contributed by atoms with E-state index in [0.29, 0.717) is 28.9 Å². The number of anilines is 1. The Hall–Kier alpha value is -2.02. The number of carbonyl (C=O) groups is 1. The molecule has 0 aliphatic heterocycles. The Morgan fingerprint density at radius 1 is 1.40 bits per heavy atom. The van der Waals surface area contributed by atoms with Gasteiger partial charge in [-0.15, -0.1) is 11.8 Å². The highest BCUT2D eigenvalue weighted by Gasteiger charge is 2.22. The summed E-state index contributed by atoms with van der Waals surface area (Å²) in [5, 5.41) is 6.64. The standard InChI is InChI=1S/C18H25N3O3S/c1-11-7-8-14(23-6)13(9-11)19-16(22)12(2)25-10-15-20-17(21-24-15)18(3,4)5/h7-9,12H,10H2,1-6H3,(H,19,22). The molecule has 0 aliphatic rings. The molecule has 1 aromatic carbocycles. The number of hydrogen-bond acceptors (Lipinski definition) is 6. The number of rotatable bonds is 6. The van der Waals surface area contributed by atoms with Crippen molar-refractivity contribution in [1.29, 1.82) is 0 Å². The predicted molar refractivity (Wildman–Crippen MR) is 100 cm³/mol. The van der Waals surface area contributed by atoms with Crippen LogP contribution in [0.2, 0.25) is 0 Å². The smallest absolute Gasteiger partial charge is 0.237 e. The number of amides is 1. The molecule has 6 nitrogen and oxygen atoms in total. The molecule has 0 saturated carbocycles. The van der Waals surface area contributed by atoms with Crippen LogP contribution in [-0.4, -0.2) is 28.4 Å². The molecule has 136 valence electrons. The summed E-state index contributed by atoms with van der Waals surface area (Å²) in [7, 11) is 1.58. The van der Waals surface area contributed by atoms with Gasteiger partial charge in [-0.25, -0.2) is 0 Å². The summed E-state index contributed by atoms with van der Waals surface area (Å²) in [5.41, 5.74) is 1.57. The van der Waals surface area contributed by atoms with Crippen LogP contribution in [0.3, 0.4) is 0 Å². The molecule has 2 rings (SSSR count). The topological polar surface area (TPSA) is 77.2 Å². The predicted octanol–water partition coefficient (Wildman–Crippen LogP) is 3.94. The average molecular weight is 363 g/mol. The van der Waals surface area contributed by atoms with Crippen LogP contribution in [0.1, 0.15) is 45.0 Å². The molecule has 1 unspecified atom stereocenters. The van der Waals surface area contributed by atoms with E-state index in [1.807, 2.05) is 52.8 Å². The number of ether oxygens (including phenoxy) is 1. The van der Waals surface area contributed by atoms with Gasteiger partial charge in [-0.2, -0.15) is 4.98 Å². The lowest BCUT2D eigenvalue weighted by molar-refractivity contribution is -0.115. The summed E-state index contributed by atoms with van der Waals surface area (Å²) < 4.78 is 10.5. The number of nitrogens with zero attached hydrogens (tertiary/aromatic N) is 2. The first kappa shape index (κ1) is 19.3. The van der Waals surface area contributed by atoms with E-state index in [-0.39, 0.29) is 16.6 Å². The maximum atomic E-state index is 12.4. The summed E-state index contributed by atoms with van der Waals surface area (Å²) >= 11 is 1.45. The summed E-state index contributed by atoms with van der Waals surface area (Å²) in [6.45, 7) is 9.90. The third kappa shape index (κ3) is 5.22. The van der Waals surface area contributed by atoms with E-state index in [0.717, 1.165) is 5.56 Å². The van der Waals surface area contributed by atoms with Gasteiger partial charge in [0, 0.05) is 5.41 Å². The van der Waals surface area contributed by atoms with E-state index >= 15 is 0 Å². The van der Waals surface area contributed by atoms with Crippen LogP contribution < -0.4 is 10.1 Å². The first-order chi connectivity index (χ1) is 11.7. The molecule has 1 atom stereocenters. The zero-order valence-corrected chi connectivity index (χ0v) is 16.4. The molecule has 25 heavy (non-hydrogen) atoms. The minimum absolute atomic E-state index is 0.0931. The van der Waals surface area contributed by atoms with Crippen molar-refractivity contribution >= 4 is 23.4 Å². The molecule has 0 bridgehead atoms. The Morgan fingerprint density at radius 3 is 2.72 bits per heavy atom. The molecule has 0 spiro atoms. The molecule has 0 aliphatic carbocycles. The number of methoxy groups -OCH3 is 1. The van der Waals surface area contributed by atoms with E-state index < -0.39 is 0 Å². The van der Waals surface area contributed by atoms with Crippen molar-refractivity contribution in [1.82, 2.24) is 10.1 Å². The van der Waals surface area contributed by atoms with Crippen molar-refractivity contribution in [2.45, 2.75) is 51.0 Å². The van der Waals surface area contributed by atoms with Gasteiger partial charge in [0.25, 0.3) is 0 Å². The molecule has 2 aromatic rings.